The molecule has 0 bridgehead atoms. The molecule has 0 aliphatic carbocycles. The van der Waals surface area contributed by atoms with Gasteiger partial charge in [0.05, 0.1) is 13.7 Å². The molecule has 0 fully saturated rings. The first-order valence-corrected chi connectivity index (χ1v) is 8.27. The summed E-state index contributed by atoms with van der Waals surface area (Å²) in [5.74, 6) is 2.46. The van der Waals surface area contributed by atoms with Gasteiger partial charge in [-0.3, -0.25) is 0 Å². The smallest absolute Gasteiger partial charge is 0.123 e. The predicted octanol–water partition coefficient (Wildman–Crippen LogP) is 5.00. The van der Waals surface area contributed by atoms with E-state index in [1.165, 1.54) is 16.7 Å². The van der Waals surface area contributed by atoms with Crippen LogP contribution in [0.2, 0.25) is 0 Å². The fraction of sp³-hybridized carbons (Fsp3) is 0.182. The van der Waals surface area contributed by atoms with Gasteiger partial charge in [0.15, 0.2) is 0 Å². The second-order valence-corrected chi connectivity index (χ2v) is 6.12. The SMILES string of the molecule is COc1ccc(C2c3ccccc3OCC2c2ccccc2)cc1. The van der Waals surface area contributed by atoms with Crippen LogP contribution in [0.1, 0.15) is 28.5 Å². The summed E-state index contributed by atoms with van der Waals surface area (Å²) in [6.07, 6.45) is 0. The predicted molar refractivity (Wildman–Crippen MR) is 96.0 cm³/mol. The van der Waals surface area contributed by atoms with E-state index < -0.39 is 0 Å². The summed E-state index contributed by atoms with van der Waals surface area (Å²) in [5.41, 5.74) is 3.86. The minimum atomic E-state index is 0.281. The van der Waals surface area contributed by atoms with Gasteiger partial charge in [-0.25, -0.2) is 0 Å². The van der Waals surface area contributed by atoms with Gasteiger partial charge in [-0.1, -0.05) is 60.7 Å². The highest BCUT2D eigenvalue weighted by molar-refractivity contribution is 5.48. The third kappa shape index (κ3) is 2.65. The quantitative estimate of drug-likeness (QED) is 0.677. The lowest BCUT2D eigenvalue weighted by atomic mass is 9.76. The molecule has 3 aromatic rings. The van der Waals surface area contributed by atoms with Gasteiger partial charge in [-0.05, 0) is 29.3 Å². The molecule has 1 aliphatic rings. The molecule has 0 spiro atoms. The molecule has 0 amide bonds. The molecule has 24 heavy (non-hydrogen) atoms. The van der Waals surface area contributed by atoms with Crippen molar-refractivity contribution in [2.45, 2.75) is 11.8 Å². The first-order chi connectivity index (χ1) is 11.9. The summed E-state index contributed by atoms with van der Waals surface area (Å²) in [5, 5.41) is 0. The number of benzene rings is 3. The van der Waals surface area contributed by atoms with E-state index in [0.717, 1.165) is 11.5 Å². The largest absolute Gasteiger partial charge is 0.497 e. The number of methoxy groups -OCH3 is 1. The number of hydrogen-bond donors (Lipinski definition) is 0. The second kappa shape index (κ2) is 6.40. The number of para-hydroxylation sites is 1. The zero-order valence-electron chi connectivity index (χ0n) is 13.7. The summed E-state index contributed by atoms with van der Waals surface area (Å²) in [6, 6.07) is 27.4. The van der Waals surface area contributed by atoms with Gasteiger partial charge >= 0.3 is 0 Å². The van der Waals surface area contributed by atoms with Crippen LogP contribution < -0.4 is 9.47 Å². The van der Waals surface area contributed by atoms with Crippen molar-refractivity contribution < 1.29 is 9.47 Å². The number of rotatable bonds is 3. The molecule has 2 heteroatoms. The van der Waals surface area contributed by atoms with Crippen molar-refractivity contribution >= 4 is 0 Å². The Kier molecular flexibility index (Phi) is 3.96. The van der Waals surface area contributed by atoms with Crippen molar-refractivity contribution in [3.05, 3.63) is 95.6 Å². The Morgan fingerprint density at radius 3 is 2.25 bits per heavy atom. The Bertz CT molecular complexity index is 809. The lowest BCUT2D eigenvalue weighted by Gasteiger charge is -2.34. The van der Waals surface area contributed by atoms with Crippen LogP contribution in [-0.2, 0) is 0 Å². The fourth-order valence-electron chi connectivity index (χ4n) is 3.57. The van der Waals surface area contributed by atoms with Crippen LogP contribution in [0.15, 0.2) is 78.9 Å². The van der Waals surface area contributed by atoms with Crippen molar-refractivity contribution in [3.63, 3.8) is 0 Å². The van der Waals surface area contributed by atoms with Gasteiger partial charge in [0, 0.05) is 17.4 Å². The van der Waals surface area contributed by atoms with E-state index in [2.05, 4.69) is 60.7 Å². The first-order valence-electron chi connectivity index (χ1n) is 8.27. The normalized spacial score (nSPS) is 19.2. The van der Waals surface area contributed by atoms with E-state index >= 15 is 0 Å². The summed E-state index contributed by atoms with van der Waals surface area (Å²) >= 11 is 0. The van der Waals surface area contributed by atoms with Crippen LogP contribution in [0, 0.1) is 0 Å². The number of fused-ring (bicyclic) bond motifs is 1. The molecule has 0 N–H and O–H groups in total. The van der Waals surface area contributed by atoms with E-state index in [1.54, 1.807) is 7.11 Å². The average Bonchev–Trinajstić information content (AvgIpc) is 2.68. The van der Waals surface area contributed by atoms with Crippen molar-refractivity contribution in [2.75, 3.05) is 13.7 Å². The average molecular weight is 316 g/mol. The molecule has 2 unspecified atom stereocenters. The van der Waals surface area contributed by atoms with Crippen LogP contribution in [0.5, 0.6) is 11.5 Å². The maximum atomic E-state index is 6.06. The molecule has 2 atom stereocenters. The van der Waals surface area contributed by atoms with Gasteiger partial charge in [0.2, 0.25) is 0 Å². The van der Waals surface area contributed by atoms with Gasteiger partial charge in [0.1, 0.15) is 11.5 Å². The minimum Gasteiger partial charge on any atom is -0.497 e. The standard InChI is InChI=1S/C22H20O2/c1-23-18-13-11-17(12-14-18)22-19-9-5-6-10-21(19)24-15-20(22)16-7-3-2-4-8-16/h2-14,20,22H,15H2,1H3. The van der Waals surface area contributed by atoms with Crippen molar-refractivity contribution in [1.29, 1.82) is 0 Å². The van der Waals surface area contributed by atoms with E-state index in [9.17, 15) is 0 Å². The van der Waals surface area contributed by atoms with Crippen LogP contribution in [0.4, 0.5) is 0 Å². The van der Waals surface area contributed by atoms with Gasteiger partial charge in [-0.2, -0.15) is 0 Å². The minimum absolute atomic E-state index is 0.281. The van der Waals surface area contributed by atoms with Crippen LogP contribution >= 0.6 is 0 Å². The summed E-state index contributed by atoms with van der Waals surface area (Å²) in [7, 11) is 1.70. The molecule has 0 aromatic heterocycles. The molecule has 120 valence electrons. The highest BCUT2D eigenvalue weighted by Gasteiger charge is 2.33. The summed E-state index contributed by atoms with van der Waals surface area (Å²) in [4.78, 5) is 0. The molecule has 0 saturated heterocycles. The Balaban J connectivity index is 1.82. The Labute approximate surface area is 142 Å². The Morgan fingerprint density at radius 1 is 0.792 bits per heavy atom. The van der Waals surface area contributed by atoms with Crippen LogP contribution in [0.25, 0.3) is 0 Å². The lowest BCUT2D eigenvalue weighted by molar-refractivity contribution is 0.249. The maximum Gasteiger partial charge on any atom is 0.123 e. The maximum absolute atomic E-state index is 6.06. The van der Waals surface area contributed by atoms with Crippen LogP contribution in [0.3, 0.4) is 0 Å². The Hall–Kier alpha value is -2.74. The molecule has 1 aliphatic heterocycles. The first kappa shape index (κ1) is 14.8. The van der Waals surface area contributed by atoms with Crippen molar-refractivity contribution in [1.82, 2.24) is 0 Å². The zero-order valence-corrected chi connectivity index (χ0v) is 13.7. The fourth-order valence-corrected chi connectivity index (χ4v) is 3.57. The topological polar surface area (TPSA) is 18.5 Å². The van der Waals surface area contributed by atoms with E-state index in [-0.39, 0.29) is 5.92 Å². The van der Waals surface area contributed by atoms with Crippen molar-refractivity contribution in [3.8, 4) is 11.5 Å². The highest BCUT2D eigenvalue weighted by Crippen LogP contribution is 2.45. The van der Waals surface area contributed by atoms with E-state index in [0.29, 0.717) is 12.5 Å². The molecule has 2 nitrogen and oxygen atoms in total. The van der Waals surface area contributed by atoms with Gasteiger partial charge in [0.25, 0.3) is 0 Å². The lowest BCUT2D eigenvalue weighted by Crippen LogP contribution is -2.25. The number of hydrogen-bond acceptors (Lipinski definition) is 2. The third-order valence-corrected chi connectivity index (χ3v) is 4.78. The molecule has 3 aromatic carbocycles. The zero-order chi connectivity index (χ0) is 16.4. The number of ether oxygens (including phenoxy) is 2. The Morgan fingerprint density at radius 2 is 1.50 bits per heavy atom. The third-order valence-electron chi connectivity index (χ3n) is 4.78. The van der Waals surface area contributed by atoms with Crippen molar-refractivity contribution in [2.24, 2.45) is 0 Å². The summed E-state index contributed by atoms with van der Waals surface area (Å²) in [6.45, 7) is 0.692. The molecule has 4 rings (SSSR count). The summed E-state index contributed by atoms with van der Waals surface area (Å²) < 4.78 is 11.4. The molecule has 1 heterocycles. The second-order valence-electron chi connectivity index (χ2n) is 6.12. The van der Waals surface area contributed by atoms with E-state index in [1.807, 2.05) is 18.2 Å². The highest BCUT2D eigenvalue weighted by atomic mass is 16.5. The van der Waals surface area contributed by atoms with Gasteiger partial charge in [-0.15, -0.1) is 0 Å². The van der Waals surface area contributed by atoms with E-state index in [4.69, 9.17) is 9.47 Å². The molecular weight excluding hydrogens is 296 g/mol. The molecule has 0 radical (unpaired) electrons. The monoisotopic (exact) mass is 316 g/mol. The molecular formula is C22H20O2. The van der Waals surface area contributed by atoms with Crippen LogP contribution in [-0.4, -0.2) is 13.7 Å². The molecule has 0 saturated carbocycles. The van der Waals surface area contributed by atoms with Gasteiger partial charge < -0.3 is 9.47 Å².